The van der Waals surface area contributed by atoms with Crippen LogP contribution in [-0.2, 0) is 0 Å². The highest BCUT2D eigenvalue weighted by Crippen LogP contribution is 2.42. The van der Waals surface area contributed by atoms with Crippen molar-refractivity contribution in [2.24, 2.45) is 10.9 Å². The molecule has 0 aliphatic heterocycles. The van der Waals surface area contributed by atoms with Gasteiger partial charge in [0.2, 0.25) is 0 Å². The Labute approximate surface area is 341 Å². The van der Waals surface area contributed by atoms with Crippen LogP contribution in [0.1, 0.15) is 46.1 Å². The maximum atomic E-state index is 5.09. The summed E-state index contributed by atoms with van der Waals surface area (Å²) in [6, 6.07) is 62.3. The zero-order valence-electron chi connectivity index (χ0n) is 33.9. The number of fused-ring (bicyclic) bond motifs is 2. The molecule has 0 amide bonds. The minimum atomic E-state index is 0.862. The molecule has 2 aromatic heterocycles. The number of hydrogen-bond donors (Lipinski definition) is 1. The second-order valence-electron chi connectivity index (χ2n) is 14.9. The quantitative estimate of drug-likeness (QED) is 0.0983. The monoisotopic (exact) mass is 752 g/mol. The van der Waals surface area contributed by atoms with Crippen LogP contribution >= 0.6 is 0 Å². The Hall–Kier alpha value is -7.17. The fourth-order valence-corrected chi connectivity index (χ4v) is 8.33. The lowest BCUT2D eigenvalue weighted by atomic mass is 9.94. The van der Waals surface area contributed by atoms with Crippen molar-refractivity contribution in [1.82, 2.24) is 9.13 Å². The number of hydrazone groups is 1. The van der Waals surface area contributed by atoms with Crippen LogP contribution in [-0.4, -0.2) is 14.8 Å². The highest BCUT2D eigenvalue weighted by atomic mass is 15.1. The Balaban J connectivity index is 0.000000412. The molecule has 9 rings (SSSR count). The van der Waals surface area contributed by atoms with E-state index in [9.17, 15) is 0 Å². The molecule has 9 aromatic rings. The highest BCUT2D eigenvalue weighted by molar-refractivity contribution is 6.04. The summed E-state index contributed by atoms with van der Waals surface area (Å²) in [5.41, 5.74) is 20.0. The molecule has 0 radical (unpaired) electrons. The molecule has 4 heteroatoms. The number of nitrogens with two attached hydrogens (primary N) is 1. The van der Waals surface area contributed by atoms with Crippen molar-refractivity contribution in [2.75, 3.05) is 0 Å². The summed E-state index contributed by atoms with van der Waals surface area (Å²) in [6.07, 6.45) is 0. The van der Waals surface area contributed by atoms with Crippen molar-refractivity contribution in [1.29, 1.82) is 0 Å². The van der Waals surface area contributed by atoms with E-state index < -0.39 is 0 Å². The molecule has 0 spiro atoms. The van der Waals surface area contributed by atoms with Crippen molar-refractivity contribution < 1.29 is 0 Å². The van der Waals surface area contributed by atoms with Crippen molar-refractivity contribution in [3.63, 3.8) is 0 Å². The van der Waals surface area contributed by atoms with Gasteiger partial charge in [-0.2, -0.15) is 5.10 Å². The smallest absolute Gasteiger partial charge is 0.0641 e. The normalized spacial score (nSPS) is 11.4. The highest BCUT2D eigenvalue weighted by Gasteiger charge is 2.21. The zero-order valence-corrected chi connectivity index (χ0v) is 33.9. The lowest BCUT2D eigenvalue weighted by Gasteiger charge is -2.12. The summed E-state index contributed by atoms with van der Waals surface area (Å²) in [6.45, 7) is 15.5. The van der Waals surface area contributed by atoms with E-state index in [0.717, 1.165) is 39.3 Å². The molecule has 0 fully saturated rings. The van der Waals surface area contributed by atoms with Gasteiger partial charge in [0, 0.05) is 44.7 Å². The first-order valence-electron chi connectivity index (χ1n) is 19.8. The van der Waals surface area contributed by atoms with E-state index in [4.69, 9.17) is 12.4 Å². The van der Waals surface area contributed by atoms with Gasteiger partial charge in [-0.15, -0.1) is 0 Å². The molecule has 0 saturated heterocycles. The molecule has 0 unspecified atom stereocenters. The van der Waals surface area contributed by atoms with Crippen LogP contribution in [0.25, 0.3) is 61.0 Å². The zero-order chi connectivity index (χ0) is 40.3. The third-order valence-corrected chi connectivity index (χ3v) is 11.4. The predicted molar refractivity (Wildman–Crippen MR) is 247 cm³/mol. The molecule has 2 N–H and O–H groups in total. The molecular formula is C54H48N4. The van der Waals surface area contributed by atoms with Gasteiger partial charge in [-0.1, -0.05) is 146 Å². The van der Waals surface area contributed by atoms with Gasteiger partial charge in [0.05, 0.1) is 16.7 Å². The van der Waals surface area contributed by atoms with Crippen LogP contribution in [0.15, 0.2) is 188 Å². The van der Waals surface area contributed by atoms with Crippen LogP contribution < -0.4 is 5.84 Å². The van der Waals surface area contributed by atoms with E-state index in [1.54, 1.807) is 0 Å². The number of benzene rings is 7. The SMILES string of the molecule is C/C(=N\N)c1ccccc1.C=C(c1ccc2c(-c3ccccc3C)c(C)n(-c3ccccc3)c2c1)c1ccc2c(-c3ccccc3C)c(C)n(-c3ccccc3)c2c1. The summed E-state index contributed by atoms with van der Waals surface area (Å²) in [5.74, 6) is 5.09. The van der Waals surface area contributed by atoms with Crippen molar-refractivity contribution in [3.05, 3.63) is 222 Å². The Morgan fingerprint density at radius 2 is 0.845 bits per heavy atom. The molecule has 0 bridgehead atoms. The third kappa shape index (κ3) is 6.94. The minimum absolute atomic E-state index is 0.862. The van der Waals surface area contributed by atoms with Crippen LogP contribution in [0.4, 0.5) is 0 Å². The van der Waals surface area contributed by atoms with Crippen molar-refractivity contribution in [2.45, 2.75) is 34.6 Å². The van der Waals surface area contributed by atoms with E-state index in [1.165, 1.54) is 66.6 Å². The van der Waals surface area contributed by atoms with Crippen LogP contribution in [0, 0.1) is 27.7 Å². The fourth-order valence-electron chi connectivity index (χ4n) is 8.33. The maximum Gasteiger partial charge on any atom is 0.0641 e. The second-order valence-corrected chi connectivity index (χ2v) is 14.9. The molecule has 284 valence electrons. The van der Waals surface area contributed by atoms with E-state index in [0.29, 0.717) is 0 Å². The first kappa shape index (κ1) is 37.7. The number of para-hydroxylation sites is 2. The number of hydrogen-bond acceptors (Lipinski definition) is 2. The van der Waals surface area contributed by atoms with E-state index >= 15 is 0 Å². The second kappa shape index (κ2) is 16.1. The van der Waals surface area contributed by atoms with E-state index in [-0.39, 0.29) is 0 Å². The average Bonchev–Trinajstić information content (AvgIpc) is 3.72. The first-order chi connectivity index (χ1) is 28.3. The van der Waals surface area contributed by atoms with Crippen molar-refractivity contribution >= 4 is 33.1 Å². The Morgan fingerprint density at radius 1 is 0.466 bits per heavy atom. The van der Waals surface area contributed by atoms with Gasteiger partial charge in [-0.05, 0) is 116 Å². The molecular weight excluding hydrogens is 705 g/mol. The third-order valence-electron chi connectivity index (χ3n) is 11.4. The van der Waals surface area contributed by atoms with Gasteiger partial charge < -0.3 is 15.0 Å². The molecule has 0 aliphatic carbocycles. The van der Waals surface area contributed by atoms with Gasteiger partial charge in [-0.3, -0.25) is 0 Å². The van der Waals surface area contributed by atoms with Gasteiger partial charge in [0.25, 0.3) is 0 Å². The number of nitrogens with zero attached hydrogens (tertiary/aromatic N) is 3. The molecule has 2 heterocycles. The topological polar surface area (TPSA) is 48.2 Å². The largest absolute Gasteiger partial charge is 0.323 e. The summed E-state index contributed by atoms with van der Waals surface area (Å²) < 4.78 is 4.80. The Morgan fingerprint density at radius 3 is 1.24 bits per heavy atom. The maximum absolute atomic E-state index is 5.09. The van der Waals surface area contributed by atoms with Crippen molar-refractivity contribution in [3.8, 4) is 33.6 Å². The van der Waals surface area contributed by atoms with Crippen LogP contribution in [0.3, 0.4) is 0 Å². The van der Waals surface area contributed by atoms with E-state index in [1.807, 2.05) is 37.3 Å². The minimum Gasteiger partial charge on any atom is -0.323 e. The van der Waals surface area contributed by atoms with E-state index in [2.05, 4.69) is 188 Å². The van der Waals surface area contributed by atoms with Gasteiger partial charge >= 0.3 is 0 Å². The average molecular weight is 753 g/mol. The lowest BCUT2D eigenvalue weighted by molar-refractivity contribution is 1.05. The fraction of sp³-hybridized carbons (Fsp3) is 0.0926. The Bertz CT molecular complexity index is 2770. The first-order valence-corrected chi connectivity index (χ1v) is 19.8. The van der Waals surface area contributed by atoms with Crippen LogP contribution in [0.2, 0.25) is 0 Å². The molecule has 0 saturated carbocycles. The number of aromatic nitrogens is 2. The summed E-state index contributed by atoms with van der Waals surface area (Å²) >= 11 is 0. The Kier molecular flexibility index (Phi) is 10.5. The lowest BCUT2D eigenvalue weighted by Crippen LogP contribution is -1.98. The number of aryl methyl sites for hydroxylation is 2. The standard InChI is InChI=1S/C46H38N2.C8H10N2/c1-30-16-12-14-22-39(30)45-33(4)47(37-18-8-6-9-19-37)43-28-35(24-26-41(43)45)32(3)36-25-27-42-44(29-36)48(38-20-10-7-11-21-38)34(5)46(42)40-23-15-13-17-31(40)2;1-7(10-9)8-5-3-2-4-6-8/h6-29H,3H2,1-2,4-5H3;2-6H,9H2,1H3/b;10-7+. The summed E-state index contributed by atoms with van der Waals surface area (Å²) in [4.78, 5) is 0. The molecule has 4 nitrogen and oxygen atoms in total. The summed E-state index contributed by atoms with van der Waals surface area (Å²) in [7, 11) is 0. The van der Waals surface area contributed by atoms with Gasteiger partial charge in [0.1, 0.15) is 0 Å². The van der Waals surface area contributed by atoms with Gasteiger partial charge in [-0.25, -0.2) is 0 Å². The number of rotatable bonds is 7. The predicted octanol–water partition coefficient (Wildman–Crippen LogP) is 13.6. The molecule has 58 heavy (non-hydrogen) atoms. The molecule has 7 aromatic carbocycles. The molecule has 0 aliphatic rings. The molecule has 0 atom stereocenters. The van der Waals surface area contributed by atoms with Crippen LogP contribution in [0.5, 0.6) is 0 Å². The van der Waals surface area contributed by atoms with Gasteiger partial charge in [0.15, 0.2) is 0 Å². The summed E-state index contributed by atoms with van der Waals surface area (Å²) in [5, 5.41) is 6.06.